The molecule has 7 nitrogen and oxygen atoms in total. The van der Waals surface area contributed by atoms with Crippen molar-refractivity contribution in [2.75, 3.05) is 25.6 Å². The average Bonchev–Trinajstić information content (AvgIpc) is 2.45. The largest absolute Gasteiger partial charge is 0.464 e. The molecule has 0 radical (unpaired) electrons. The van der Waals surface area contributed by atoms with Gasteiger partial charge in [0.15, 0.2) is 5.69 Å². The van der Waals surface area contributed by atoms with Crippen molar-refractivity contribution in [3.8, 4) is 0 Å². The first-order valence-corrected chi connectivity index (χ1v) is 5.51. The van der Waals surface area contributed by atoms with E-state index in [0.717, 1.165) is 0 Å². The van der Waals surface area contributed by atoms with Gasteiger partial charge in [0.05, 0.1) is 38.3 Å². The van der Waals surface area contributed by atoms with E-state index in [1.54, 1.807) is 0 Å². The Kier molecular flexibility index (Phi) is 4.99. The van der Waals surface area contributed by atoms with Crippen LogP contribution >= 0.6 is 0 Å². The van der Waals surface area contributed by atoms with E-state index >= 15 is 0 Å². The van der Waals surface area contributed by atoms with Gasteiger partial charge in [0.2, 0.25) is 0 Å². The Bertz CT molecular complexity index is 382. The number of aliphatic hydroxyl groups excluding tert-OH is 2. The van der Waals surface area contributed by atoms with Crippen LogP contribution in [0.3, 0.4) is 0 Å². The molecule has 0 aliphatic carbocycles. The fourth-order valence-corrected chi connectivity index (χ4v) is 1.32. The molecule has 0 bridgehead atoms. The van der Waals surface area contributed by atoms with Crippen LogP contribution in [0.25, 0.3) is 0 Å². The van der Waals surface area contributed by atoms with Gasteiger partial charge in [0, 0.05) is 0 Å². The third-order valence-corrected chi connectivity index (χ3v) is 2.72. The van der Waals surface area contributed by atoms with E-state index in [9.17, 15) is 15.0 Å². The van der Waals surface area contributed by atoms with Gasteiger partial charge in [-0.1, -0.05) is 6.92 Å². The number of esters is 1. The minimum absolute atomic E-state index is 0.0955. The summed E-state index contributed by atoms with van der Waals surface area (Å²) in [7, 11) is 1.26. The number of aromatic nitrogens is 2. The maximum Gasteiger partial charge on any atom is 0.358 e. The van der Waals surface area contributed by atoms with Crippen molar-refractivity contribution in [1.82, 2.24) is 9.97 Å². The number of carbonyl (C=O) groups is 1. The molecule has 0 aliphatic heterocycles. The van der Waals surface area contributed by atoms with E-state index in [1.165, 1.54) is 19.5 Å². The average molecular weight is 255 g/mol. The first-order chi connectivity index (χ1) is 8.60. The number of ether oxygens (including phenoxy) is 1. The highest BCUT2D eigenvalue weighted by Crippen LogP contribution is 2.15. The number of methoxy groups -OCH3 is 1. The fourth-order valence-electron chi connectivity index (χ4n) is 1.32. The standard InChI is InChI=1S/C11H17N3O4/c1-3-11(6-15,7-16)14-9-5-12-8(4-13-9)10(17)18-2/h4-5,15-16H,3,6-7H2,1-2H3,(H,13,14). The van der Waals surface area contributed by atoms with Crippen molar-refractivity contribution >= 4 is 11.8 Å². The smallest absolute Gasteiger partial charge is 0.358 e. The van der Waals surface area contributed by atoms with Gasteiger partial charge in [-0.25, -0.2) is 14.8 Å². The first kappa shape index (κ1) is 14.3. The number of hydrogen-bond acceptors (Lipinski definition) is 7. The van der Waals surface area contributed by atoms with E-state index in [2.05, 4.69) is 20.0 Å². The van der Waals surface area contributed by atoms with Crippen molar-refractivity contribution in [2.24, 2.45) is 0 Å². The second kappa shape index (κ2) is 6.27. The molecule has 100 valence electrons. The zero-order chi connectivity index (χ0) is 13.6. The Morgan fingerprint density at radius 2 is 2.06 bits per heavy atom. The van der Waals surface area contributed by atoms with Crippen molar-refractivity contribution in [3.05, 3.63) is 18.1 Å². The van der Waals surface area contributed by atoms with Crippen LogP contribution in [-0.2, 0) is 4.74 Å². The topological polar surface area (TPSA) is 105 Å². The maximum absolute atomic E-state index is 11.2. The maximum atomic E-state index is 11.2. The molecule has 0 saturated heterocycles. The van der Waals surface area contributed by atoms with Gasteiger partial charge in [0.1, 0.15) is 5.82 Å². The van der Waals surface area contributed by atoms with Crippen LogP contribution in [0.2, 0.25) is 0 Å². The summed E-state index contributed by atoms with van der Waals surface area (Å²) in [4.78, 5) is 19.0. The lowest BCUT2D eigenvalue weighted by Gasteiger charge is -2.30. The highest BCUT2D eigenvalue weighted by Gasteiger charge is 2.26. The molecule has 0 unspecified atom stereocenters. The highest BCUT2D eigenvalue weighted by molar-refractivity contribution is 5.86. The summed E-state index contributed by atoms with van der Waals surface area (Å²) in [6.07, 6.45) is 3.13. The van der Waals surface area contributed by atoms with E-state index < -0.39 is 11.5 Å². The molecule has 0 amide bonds. The van der Waals surface area contributed by atoms with Crippen LogP contribution in [0.4, 0.5) is 5.82 Å². The summed E-state index contributed by atoms with van der Waals surface area (Å²) in [5, 5.41) is 21.4. The molecule has 7 heteroatoms. The van der Waals surface area contributed by atoms with E-state index in [-0.39, 0.29) is 18.9 Å². The molecule has 1 aromatic rings. The zero-order valence-electron chi connectivity index (χ0n) is 10.4. The molecule has 0 fully saturated rings. The normalized spacial score (nSPS) is 11.1. The van der Waals surface area contributed by atoms with Gasteiger partial charge in [0.25, 0.3) is 0 Å². The second-order valence-corrected chi connectivity index (χ2v) is 3.85. The van der Waals surface area contributed by atoms with Crippen molar-refractivity contribution in [1.29, 1.82) is 0 Å². The predicted octanol–water partition coefficient (Wildman–Crippen LogP) is -0.192. The molecule has 0 aromatic carbocycles. The van der Waals surface area contributed by atoms with Crippen molar-refractivity contribution in [3.63, 3.8) is 0 Å². The zero-order valence-corrected chi connectivity index (χ0v) is 10.4. The number of aliphatic hydroxyl groups is 2. The molecule has 1 rings (SSSR count). The minimum Gasteiger partial charge on any atom is -0.464 e. The summed E-state index contributed by atoms with van der Waals surface area (Å²) < 4.78 is 4.50. The molecule has 0 saturated carbocycles. The summed E-state index contributed by atoms with van der Waals surface area (Å²) in [6.45, 7) is 1.36. The lowest BCUT2D eigenvalue weighted by Crippen LogP contribution is -2.45. The molecular weight excluding hydrogens is 238 g/mol. The molecule has 1 aromatic heterocycles. The molecule has 1 heterocycles. The van der Waals surface area contributed by atoms with Gasteiger partial charge < -0.3 is 20.3 Å². The molecule has 0 spiro atoms. The highest BCUT2D eigenvalue weighted by atomic mass is 16.5. The molecule has 0 atom stereocenters. The third kappa shape index (κ3) is 3.14. The van der Waals surface area contributed by atoms with Gasteiger partial charge in [-0.2, -0.15) is 0 Å². The quantitative estimate of drug-likeness (QED) is 0.605. The Hall–Kier alpha value is -1.73. The number of nitrogens with one attached hydrogen (secondary N) is 1. The lowest BCUT2D eigenvalue weighted by molar-refractivity contribution is 0.0593. The second-order valence-electron chi connectivity index (χ2n) is 3.85. The van der Waals surface area contributed by atoms with Crippen LogP contribution in [0, 0.1) is 0 Å². The van der Waals surface area contributed by atoms with E-state index in [4.69, 9.17) is 0 Å². The summed E-state index contributed by atoms with van der Waals surface area (Å²) >= 11 is 0. The van der Waals surface area contributed by atoms with Crippen LogP contribution in [0.5, 0.6) is 0 Å². The molecular formula is C11H17N3O4. The SMILES string of the molecule is CCC(CO)(CO)Nc1cnc(C(=O)OC)cn1. The van der Waals surface area contributed by atoms with Crippen molar-refractivity contribution in [2.45, 2.75) is 18.9 Å². The van der Waals surface area contributed by atoms with E-state index in [0.29, 0.717) is 12.2 Å². The number of anilines is 1. The third-order valence-electron chi connectivity index (χ3n) is 2.72. The van der Waals surface area contributed by atoms with Gasteiger partial charge >= 0.3 is 5.97 Å². The first-order valence-electron chi connectivity index (χ1n) is 5.51. The van der Waals surface area contributed by atoms with Gasteiger partial charge in [-0.3, -0.25) is 0 Å². The Morgan fingerprint density at radius 3 is 2.44 bits per heavy atom. The van der Waals surface area contributed by atoms with Crippen LogP contribution < -0.4 is 5.32 Å². The molecule has 18 heavy (non-hydrogen) atoms. The Morgan fingerprint density at radius 1 is 1.39 bits per heavy atom. The lowest BCUT2D eigenvalue weighted by atomic mass is 9.99. The van der Waals surface area contributed by atoms with Crippen LogP contribution in [0.15, 0.2) is 12.4 Å². The minimum atomic E-state index is -0.846. The van der Waals surface area contributed by atoms with Crippen LogP contribution in [-0.4, -0.2) is 52.0 Å². The summed E-state index contributed by atoms with van der Waals surface area (Å²) in [6, 6.07) is 0. The number of hydrogen-bond donors (Lipinski definition) is 3. The monoisotopic (exact) mass is 255 g/mol. The van der Waals surface area contributed by atoms with Crippen LogP contribution in [0.1, 0.15) is 23.8 Å². The van der Waals surface area contributed by atoms with E-state index in [1.807, 2.05) is 6.92 Å². The summed E-state index contributed by atoms with van der Waals surface area (Å²) in [5.41, 5.74) is -0.750. The molecule has 0 aliphatic rings. The van der Waals surface area contributed by atoms with Crippen molar-refractivity contribution < 1.29 is 19.7 Å². The molecule has 3 N–H and O–H groups in total. The summed E-state index contributed by atoms with van der Waals surface area (Å²) in [5.74, 6) is -0.201. The fraction of sp³-hybridized carbons (Fsp3) is 0.545. The number of carbonyl (C=O) groups excluding carboxylic acids is 1. The Balaban J connectivity index is 2.83. The predicted molar refractivity (Wildman–Crippen MR) is 64.2 cm³/mol. The van der Waals surface area contributed by atoms with Gasteiger partial charge in [-0.05, 0) is 6.42 Å². The van der Waals surface area contributed by atoms with Gasteiger partial charge in [-0.15, -0.1) is 0 Å². The number of nitrogens with zero attached hydrogens (tertiary/aromatic N) is 2. The number of rotatable bonds is 6. The Labute approximate surface area is 105 Å².